The summed E-state index contributed by atoms with van der Waals surface area (Å²) in [5.41, 5.74) is 4.48. The van der Waals surface area contributed by atoms with E-state index in [2.05, 4.69) is 24.3 Å². The highest BCUT2D eigenvalue weighted by atomic mass is 32.1. The third kappa shape index (κ3) is 5.74. The van der Waals surface area contributed by atoms with Gasteiger partial charge in [-0.25, -0.2) is 4.39 Å². The Morgan fingerprint density at radius 1 is 0.542 bits per heavy atom. The molecule has 0 N–H and O–H groups in total. The number of alkyl halides is 3. The van der Waals surface area contributed by atoms with Gasteiger partial charge in [-0.2, -0.15) is 13.2 Å². The van der Waals surface area contributed by atoms with E-state index in [1.807, 2.05) is 42.5 Å². The normalized spacial score (nSPS) is 9.71. The first-order chi connectivity index (χ1) is 11.1. The van der Waals surface area contributed by atoms with Gasteiger partial charge in [0.15, 0.2) is 0 Å². The first kappa shape index (κ1) is 19.8. The summed E-state index contributed by atoms with van der Waals surface area (Å²) in [7, 11) is 0. The molecule has 0 amide bonds. The molecular weight excluding hydrogens is 336 g/mol. The highest BCUT2D eigenvalue weighted by molar-refractivity contribution is 7.37. The van der Waals surface area contributed by atoms with Gasteiger partial charge in [0.05, 0.1) is 0 Å². The number of benzene rings is 3. The van der Waals surface area contributed by atoms with Crippen LogP contribution in [0.15, 0.2) is 78.9 Å². The van der Waals surface area contributed by atoms with Crippen molar-refractivity contribution < 1.29 is 17.6 Å². The fourth-order valence-electron chi connectivity index (χ4n) is 2.23. The Labute approximate surface area is 145 Å². The van der Waals surface area contributed by atoms with Crippen LogP contribution in [0.2, 0.25) is 0 Å². The molecule has 3 aromatic rings. The van der Waals surface area contributed by atoms with Crippen molar-refractivity contribution >= 4 is 13.5 Å². The van der Waals surface area contributed by atoms with Crippen LogP contribution in [0.3, 0.4) is 0 Å². The average Bonchev–Trinajstić information content (AvgIpc) is 2.56. The molecule has 0 bridgehead atoms. The van der Waals surface area contributed by atoms with Crippen molar-refractivity contribution in [1.82, 2.24) is 0 Å². The zero-order chi connectivity index (χ0) is 16.7. The maximum atomic E-state index is 13.0. The predicted molar refractivity (Wildman–Crippen MR) is 95.9 cm³/mol. The van der Waals surface area contributed by atoms with Crippen molar-refractivity contribution in [2.75, 3.05) is 0 Å². The van der Waals surface area contributed by atoms with Crippen LogP contribution in [0.25, 0.3) is 22.3 Å². The number of hydrogen-bond donors (Lipinski definition) is 0. The molecule has 0 spiro atoms. The Hall–Kier alpha value is -2.27. The van der Waals surface area contributed by atoms with Crippen LogP contribution in [-0.4, -0.2) is 6.68 Å². The minimum atomic E-state index is -3.67. The second-order valence-corrected chi connectivity index (χ2v) is 4.67. The van der Waals surface area contributed by atoms with Crippen molar-refractivity contribution in [2.45, 2.75) is 6.68 Å². The van der Waals surface area contributed by atoms with Gasteiger partial charge < -0.3 is 0 Å². The van der Waals surface area contributed by atoms with Crippen LogP contribution in [0.5, 0.6) is 0 Å². The summed E-state index contributed by atoms with van der Waals surface area (Å²) in [6.45, 7) is -3.67. The van der Waals surface area contributed by atoms with Gasteiger partial charge in [-0.3, -0.25) is 0 Å². The molecule has 0 saturated carbocycles. The van der Waals surface area contributed by atoms with Gasteiger partial charge in [0.2, 0.25) is 0 Å². The van der Waals surface area contributed by atoms with Gasteiger partial charge in [0.25, 0.3) is 0 Å². The Morgan fingerprint density at radius 3 is 1.38 bits per heavy atom. The van der Waals surface area contributed by atoms with Crippen LogP contribution in [0, 0.1) is 5.82 Å². The van der Waals surface area contributed by atoms with Gasteiger partial charge in [0.1, 0.15) is 5.82 Å². The Morgan fingerprint density at radius 2 is 0.917 bits per heavy atom. The van der Waals surface area contributed by atoms with Crippen LogP contribution in [0.1, 0.15) is 0 Å². The summed E-state index contributed by atoms with van der Waals surface area (Å²) in [5.74, 6) is -0.207. The Kier molecular flexibility index (Phi) is 8.06. The standard InChI is InChI=1S/C18H13F.CHF3.H2S/c19-16-12-10-15(11-13-16)18-9-5-4-8-17(18)14-6-2-1-3-7-14;2-1(3)4;/h1-13H;1H;1H2/p+1. The summed E-state index contributed by atoms with van der Waals surface area (Å²) >= 11 is 0. The molecule has 3 rings (SSSR count). The molecule has 0 radical (unpaired) electrons. The summed E-state index contributed by atoms with van der Waals surface area (Å²) < 4.78 is 42.0. The largest absolute Gasteiger partial charge is 0.379 e. The third-order valence-electron chi connectivity index (χ3n) is 3.17. The molecule has 126 valence electrons. The lowest BCUT2D eigenvalue weighted by Crippen LogP contribution is -1.85. The molecule has 3 aromatic carbocycles. The lowest BCUT2D eigenvalue weighted by molar-refractivity contribution is 0.00819. The highest BCUT2D eigenvalue weighted by Crippen LogP contribution is 2.31. The van der Waals surface area contributed by atoms with Crippen molar-refractivity contribution in [1.29, 1.82) is 0 Å². The summed E-state index contributed by atoms with van der Waals surface area (Å²) in [6, 6.07) is 25.0. The van der Waals surface area contributed by atoms with E-state index < -0.39 is 6.68 Å². The van der Waals surface area contributed by atoms with Gasteiger partial charge >= 0.3 is 6.68 Å². The molecule has 0 heterocycles. The summed E-state index contributed by atoms with van der Waals surface area (Å²) in [6.07, 6.45) is 0. The lowest BCUT2D eigenvalue weighted by Gasteiger charge is -2.10. The lowest BCUT2D eigenvalue weighted by atomic mass is 9.95. The Balaban J connectivity index is 0.000000522. The molecular formula is C19H17F4S+. The monoisotopic (exact) mass is 353 g/mol. The van der Waals surface area contributed by atoms with Crippen LogP contribution in [-0.2, 0) is 13.5 Å². The molecule has 0 saturated heterocycles. The molecule has 24 heavy (non-hydrogen) atoms. The van der Waals surface area contributed by atoms with Crippen molar-refractivity contribution in [3.8, 4) is 22.3 Å². The van der Waals surface area contributed by atoms with E-state index >= 15 is 0 Å². The quantitative estimate of drug-likeness (QED) is 0.420. The van der Waals surface area contributed by atoms with Crippen molar-refractivity contribution in [3.63, 3.8) is 0 Å². The minimum Gasteiger partial charge on any atom is -0.207 e. The Bertz CT molecular complexity index is 725. The van der Waals surface area contributed by atoms with E-state index in [9.17, 15) is 17.6 Å². The second-order valence-electron chi connectivity index (χ2n) is 4.67. The maximum Gasteiger partial charge on any atom is 0.379 e. The zero-order valence-corrected chi connectivity index (χ0v) is 13.8. The molecule has 0 nitrogen and oxygen atoms in total. The van der Waals surface area contributed by atoms with Crippen LogP contribution >= 0.6 is 0 Å². The van der Waals surface area contributed by atoms with Crippen molar-refractivity contribution in [2.24, 2.45) is 0 Å². The van der Waals surface area contributed by atoms with E-state index in [-0.39, 0.29) is 19.3 Å². The van der Waals surface area contributed by atoms with E-state index in [1.54, 1.807) is 0 Å². The second kappa shape index (κ2) is 9.78. The zero-order valence-electron chi connectivity index (χ0n) is 12.7. The van der Waals surface area contributed by atoms with Gasteiger partial charge in [-0.1, -0.05) is 80.2 Å². The molecule has 0 aliphatic carbocycles. The van der Waals surface area contributed by atoms with Crippen LogP contribution in [0.4, 0.5) is 17.6 Å². The van der Waals surface area contributed by atoms with Gasteiger partial charge in [-0.05, 0) is 34.4 Å². The fraction of sp³-hybridized carbons (Fsp3) is 0.0526. The average molecular weight is 353 g/mol. The molecule has 0 unspecified atom stereocenters. The topological polar surface area (TPSA) is 0 Å². The highest BCUT2D eigenvalue weighted by Gasteiger charge is 2.06. The number of halogens is 4. The third-order valence-corrected chi connectivity index (χ3v) is 3.17. The predicted octanol–water partition coefficient (Wildman–Crippen LogP) is 5.53. The van der Waals surface area contributed by atoms with Crippen molar-refractivity contribution in [3.05, 3.63) is 84.7 Å². The first-order valence-electron chi connectivity index (χ1n) is 6.90. The molecule has 0 fully saturated rings. The molecule has 5 heteroatoms. The fourth-order valence-corrected chi connectivity index (χ4v) is 2.23. The molecule has 0 aromatic heterocycles. The summed E-state index contributed by atoms with van der Waals surface area (Å²) in [5, 5.41) is 0. The van der Waals surface area contributed by atoms with E-state index in [0.29, 0.717) is 0 Å². The smallest absolute Gasteiger partial charge is 0.207 e. The molecule has 0 aliphatic rings. The first-order valence-corrected chi connectivity index (χ1v) is 6.90. The summed E-state index contributed by atoms with van der Waals surface area (Å²) in [4.78, 5) is 0. The van der Waals surface area contributed by atoms with Gasteiger partial charge in [0, 0.05) is 0 Å². The number of hydrogen-bond acceptors (Lipinski definition) is 0. The van der Waals surface area contributed by atoms with Crippen LogP contribution < -0.4 is 0 Å². The van der Waals surface area contributed by atoms with Gasteiger partial charge in [-0.15, -0.1) is 0 Å². The van der Waals surface area contributed by atoms with E-state index in [0.717, 1.165) is 16.7 Å². The van der Waals surface area contributed by atoms with E-state index in [4.69, 9.17) is 0 Å². The molecule has 0 atom stereocenters. The number of rotatable bonds is 2. The van der Waals surface area contributed by atoms with E-state index in [1.165, 1.54) is 17.7 Å². The SMILES string of the molecule is FC(F)F.Fc1ccc(-c2ccccc2-c2ccccc2)cc1.[SH3+]. The molecule has 0 aliphatic heterocycles. The maximum absolute atomic E-state index is 13.0. The minimum absolute atomic E-state index is 0.